The molecule has 3 heteroatoms. The highest BCUT2D eigenvalue weighted by Gasteiger charge is 2.06. The van der Waals surface area contributed by atoms with E-state index < -0.39 is 0 Å². The fourth-order valence-electron chi connectivity index (χ4n) is 1.90. The zero-order valence-corrected chi connectivity index (χ0v) is 11.7. The highest BCUT2D eigenvalue weighted by atomic mass is 15.1. The zero-order chi connectivity index (χ0) is 12.4. The average Bonchev–Trinajstić information content (AvgIpc) is 2.23. The first-order valence-electron chi connectivity index (χ1n) is 6.72. The molecule has 0 aliphatic rings. The molecule has 0 saturated carbocycles. The summed E-state index contributed by atoms with van der Waals surface area (Å²) in [4.78, 5) is 4.76. The van der Waals surface area contributed by atoms with Crippen molar-refractivity contribution in [2.24, 2.45) is 5.73 Å². The van der Waals surface area contributed by atoms with Crippen LogP contribution < -0.4 is 5.73 Å². The summed E-state index contributed by atoms with van der Waals surface area (Å²) in [6, 6.07) is 0.396. The van der Waals surface area contributed by atoms with E-state index in [-0.39, 0.29) is 0 Å². The average molecular weight is 229 g/mol. The molecule has 16 heavy (non-hydrogen) atoms. The summed E-state index contributed by atoms with van der Waals surface area (Å²) in [5.41, 5.74) is 6.03. The van der Waals surface area contributed by atoms with Gasteiger partial charge in [0.15, 0.2) is 0 Å². The minimum atomic E-state index is 0.396. The Morgan fingerprint density at radius 1 is 1.00 bits per heavy atom. The van der Waals surface area contributed by atoms with E-state index in [1.54, 1.807) is 0 Å². The lowest BCUT2D eigenvalue weighted by Gasteiger charge is -2.23. The van der Waals surface area contributed by atoms with Gasteiger partial charge in [0, 0.05) is 6.04 Å². The standard InChI is InChI=1S/C13H31N3/c1-5-8-13(14)9-12-16(6-2)11-7-10-15(3)4/h13H,5-12,14H2,1-4H3. The Kier molecular flexibility index (Phi) is 9.99. The topological polar surface area (TPSA) is 32.5 Å². The van der Waals surface area contributed by atoms with Crippen molar-refractivity contribution in [1.82, 2.24) is 9.80 Å². The maximum atomic E-state index is 6.03. The molecule has 0 aromatic heterocycles. The van der Waals surface area contributed by atoms with Crippen molar-refractivity contribution >= 4 is 0 Å². The second-order valence-electron chi connectivity index (χ2n) is 4.93. The first kappa shape index (κ1) is 15.9. The highest BCUT2D eigenvalue weighted by Crippen LogP contribution is 2.01. The molecule has 2 N–H and O–H groups in total. The lowest BCUT2D eigenvalue weighted by molar-refractivity contribution is 0.255. The molecule has 1 unspecified atom stereocenters. The van der Waals surface area contributed by atoms with Crippen molar-refractivity contribution in [2.45, 2.75) is 45.6 Å². The Balaban J connectivity index is 3.58. The molecule has 0 radical (unpaired) electrons. The predicted molar refractivity (Wildman–Crippen MR) is 72.8 cm³/mol. The SMILES string of the molecule is CCCC(N)CCN(CC)CCCN(C)C. The molecule has 0 amide bonds. The quantitative estimate of drug-likeness (QED) is 0.620. The second kappa shape index (κ2) is 10.1. The van der Waals surface area contributed by atoms with Crippen LogP contribution in [0.1, 0.15) is 39.5 Å². The van der Waals surface area contributed by atoms with Crippen molar-refractivity contribution in [3.8, 4) is 0 Å². The smallest absolute Gasteiger partial charge is 0.00509 e. The van der Waals surface area contributed by atoms with Crippen molar-refractivity contribution in [3.05, 3.63) is 0 Å². The Morgan fingerprint density at radius 3 is 2.19 bits per heavy atom. The summed E-state index contributed by atoms with van der Waals surface area (Å²) in [6.45, 7) is 9.12. The first-order valence-corrected chi connectivity index (χ1v) is 6.72. The van der Waals surface area contributed by atoms with E-state index in [9.17, 15) is 0 Å². The molecular weight excluding hydrogens is 198 g/mol. The summed E-state index contributed by atoms with van der Waals surface area (Å²) in [5, 5.41) is 0. The number of nitrogens with zero attached hydrogens (tertiary/aromatic N) is 2. The van der Waals surface area contributed by atoms with Gasteiger partial charge in [0.05, 0.1) is 0 Å². The van der Waals surface area contributed by atoms with Crippen LogP contribution in [0.25, 0.3) is 0 Å². The molecular formula is C13H31N3. The normalized spacial score (nSPS) is 13.7. The van der Waals surface area contributed by atoms with Crippen molar-refractivity contribution in [3.63, 3.8) is 0 Å². The van der Waals surface area contributed by atoms with Crippen molar-refractivity contribution in [1.29, 1.82) is 0 Å². The van der Waals surface area contributed by atoms with Crippen LogP contribution in [-0.4, -0.2) is 56.1 Å². The van der Waals surface area contributed by atoms with E-state index in [0.717, 1.165) is 25.9 Å². The largest absolute Gasteiger partial charge is 0.328 e. The molecule has 0 aromatic carbocycles. The summed E-state index contributed by atoms with van der Waals surface area (Å²) >= 11 is 0. The molecule has 0 aliphatic carbocycles. The number of nitrogens with two attached hydrogens (primary N) is 1. The molecule has 0 fully saturated rings. The van der Waals surface area contributed by atoms with E-state index in [2.05, 4.69) is 37.7 Å². The van der Waals surface area contributed by atoms with Crippen LogP contribution in [0, 0.1) is 0 Å². The minimum Gasteiger partial charge on any atom is -0.328 e. The van der Waals surface area contributed by atoms with E-state index in [0.29, 0.717) is 6.04 Å². The van der Waals surface area contributed by atoms with E-state index in [1.165, 1.54) is 25.9 Å². The van der Waals surface area contributed by atoms with Gasteiger partial charge in [-0.15, -0.1) is 0 Å². The Labute approximate surface area is 102 Å². The molecule has 0 aliphatic heterocycles. The Morgan fingerprint density at radius 2 is 1.69 bits per heavy atom. The van der Waals surface area contributed by atoms with Gasteiger partial charge in [0.2, 0.25) is 0 Å². The molecule has 1 atom stereocenters. The van der Waals surface area contributed by atoms with Gasteiger partial charge in [0.25, 0.3) is 0 Å². The third kappa shape index (κ3) is 9.13. The Bertz CT molecular complexity index is 148. The van der Waals surface area contributed by atoms with Crippen LogP contribution in [0.15, 0.2) is 0 Å². The number of hydrogen-bond donors (Lipinski definition) is 1. The monoisotopic (exact) mass is 229 g/mol. The van der Waals surface area contributed by atoms with Gasteiger partial charge in [-0.2, -0.15) is 0 Å². The first-order chi connectivity index (χ1) is 7.60. The molecule has 0 aromatic rings. The number of rotatable bonds is 10. The van der Waals surface area contributed by atoms with Crippen LogP contribution in [0.3, 0.4) is 0 Å². The third-order valence-corrected chi connectivity index (χ3v) is 3.00. The van der Waals surface area contributed by atoms with Crippen LogP contribution in [0.2, 0.25) is 0 Å². The number of hydrogen-bond acceptors (Lipinski definition) is 3. The van der Waals surface area contributed by atoms with Gasteiger partial charge in [-0.25, -0.2) is 0 Å². The molecule has 98 valence electrons. The lowest BCUT2D eigenvalue weighted by atomic mass is 10.1. The summed E-state index contributed by atoms with van der Waals surface area (Å²) < 4.78 is 0. The maximum Gasteiger partial charge on any atom is 0.00509 e. The molecule has 3 nitrogen and oxygen atoms in total. The summed E-state index contributed by atoms with van der Waals surface area (Å²) in [6.07, 6.45) is 4.76. The van der Waals surface area contributed by atoms with Crippen LogP contribution in [-0.2, 0) is 0 Å². The molecule has 0 saturated heterocycles. The van der Waals surface area contributed by atoms with Gasteiger partial charge in [0.1, 0.15) is 0 Å². The summed E-state index contributed by atoms with van der Waals surface area (Å²) in [5.74, 6) is 0. The lowest BCUT2D eigenvalue weighted by Crippen LogP contribution is -2.32. The van der Waals surface area contributed by atoms with Crippen LogP contribution in [0.4, 0.5) is 0 Å². The van der Waals surface area contributed by atoms with Gasteiger partial charge in [-0.05, 0) is 59.5 Å². The van der Waals surface area contributed by atoms with Gasteiger partial charge >= 0.3 is 0 Å². The third-order valence-electron chi connectivity index (χ3n) is 3.00. The molecule has 0 bridgehead atoms. The van der Waals surface area contributed by atoms with Crippen LogP contribution >= 0.6 is 0 Å². The van der Waals surface area contributed by atoms with E-state index in [4.69, 9.17) is 5.73 Å². The van der Waals surface area contributed by atoms with Gasteiger partial charge in [-0.1, -0.05) is 20.3 Å². The molecule has 0 spiro atoms. The maximum absolute atomic E-state index is 6.03. The second-order valence-corrected chi connectivity index (χ2v) is 4.93. The van der Waals surface area contributed by atoms with Crippen molar-refractivity contribution < 1.29 is 0 Å². The summed E-state index contributed by atoms with van der Waals surface area (Å²) in [7, 11) is 4.26. The minimum absolute atomic E-state index is 0.396. The fourth-order valence-corrected chi connectivity index (χ4v) is 1.90. The van der Waals surface area contributed by atoms with Crippen molar-refractivity contribution in [2.75, 3.05) is 40.3 Å². The molecule has 0 rings (SSSR count). The van der Waals surface area contributed by atoms with Gasteiger partial charge < -0.3 is 15.5 Å². The van der Waals surface area contributed by atoms with Gasteiger partial charge in [-0.3, -0.25) is 0 Å². The zero-order valence-electron chi connectivity index (χ0n) is 11.7. The fraction of sp³-hybridized carbons (Fsp3) is 1.00. The van der Waals surface area contributed by atoms with Crippen LogP contribution in [0.5, 0.6) is 0 Å². The predicted octanol–water partition coefficient (Wildman–Crippen LogP) is 1.78. The van der Waals surface area contributed by atoms with E-state index in [1.807, 2.05) is 0 Å². The molecule has 0 heterocycles. The Hall–Kier alpha value is -0.120. The highest BCUT2D eigenvalue weighted by molar-refractivity contribution is 4.65. The van der Waals surface area contributed by atoms with E-state index >= 15 is 0 Å².